The number of anilines is 1. The van der Waals surface area contributed by atoms with Crippen LogP contribution in [0.25, 0.3) is 0 Å². The zero-order chi connectivity index (χ0) is 16.7. The highest BCUT2D eigenvalue weighted by atomic mass is 16.5. The molecule has 0 unspecified atom stereocenters. The second-order valence-electron chi connectivity index (χ2n) is 5.56. The largest absolute Gasteiger partial charge is 0.493 e. The minimum absolute atomic E-state index is 0.0736. The van der Waals surface area contributed by atoms with E-state index in [4.69, 9.17) is 14.2 Å². The molecule has 24 heavy (non-hydrogen) atoms. The van der Waals surface area contributed by atoms with Crippen LogP contribution in [0, 0.1) is 0 Å². The maximum absolute atomic E-state index is 12.8. The zero-order valence-electron chi connectivity index (χ0n) is 13.3. The molecule has 4 rings (SSSR count). The molecule has 2 aliphatic rings. The minimum atomic E-state index is -0.713. The van der Waals surface area contributed by atoms with Crippen LogP contribution in [0.4, 0.5) is 11.4 Å². The van der Waals surface area contributed by atoms with Crippen molar-refractivity contribution in [3.63, 3.8) is 0 Å². The van der Waals surface area contributed by atoms with Crippen LogP contribution in [0.15, 0.2) is 47.5 Å². The number of fused-ring (bicyclic) bond motifs is 2. The van der Waals surface area contributed by atoms with E-state index in [1.807, 2.05) is 24.3 Å². The Labute approximate surface area is 139 Å². The van der Waals surface area contributed by atoms with Gasteiger partial charge in [-0.1, -0.05) is 18.2 Å². The highest BCUT2D eigenvalue weighted by Gasteiger charge is 2.44. The number of carbonyl (C=O) groups excluding carboxylic acids is 1. The Morgan fingerprint density at radius 2 is 1.88 bits per heavy atom. The van der Waals surface area contributed by atoms with Gasteiger partial charge in [-0.2, -0.15) is 0 Å². The molecule has 1 saturated heterocycles. The number of nitrogens with zero attached hydrogens (tertiary/aromatic N) is 1. The fourth-order valence-corrected chi connectivity index (χ4v) is 2.96. The molecule has 0 aromatic heterocycles. The van der Waals surface area contributed by atoms with Gasteiger partial charge in [-0.25, -0.2) is 4.99 Å². The fourth-order valence-electron chi connectivity index (χ4n) is 2.96. The van der Waals surface area contributed by atoms with Gasteiger partial charge < -0.3 is 19.5 Å². The predicted octanol–water partition coefficient (Wildman–Crippen LogP) is 2.87. The highest BCUT2D eigenvalue weighted by molar-refractivity contribution is 6.16. The number of hydrogen-bond donors (Lipinski definition) is 1. The molecule has 1 N–H and O–H groups in total. The molecule has 0 amide bonds. The molecule has 0 bridgehead atoms. The Hall–Kier alpha value is -3.02. The summed E-state index contributed by atoms with van der Waals surface area (Å²) in [5, 5.41) is 3.20. The van der Waals surface area contributed by atoms with Gasteiger partial charge in [-0.05, 0) is 24.3 Å². The molecule has 2 heterocycles. The number of benzene rings is 2. The first kappa shape index (κ1) is 14.6. The van der Waals surface area contributed by atoms with Crippen molar-refractivity contribution in [1.29, 1.82) is 0 Å². The van der Waals surface area contributed by atoms with Gasteiger partial charge >= 0.3 is 0 Å². The number of nitrogens with one attached hydrogen (secondary N) is 1. The van der Waals surface area contributed by atoms with E-state index in [9.17, 15) is 4.79 Å². The van der Waals surface area contributed by atoms with E-state index >= 15 is 0 Å². The van der Waals surface area contributed by atoms with Crippen molar-refractivity contribution in [3.8, 4) is 11.5 Å². The van der Waals surface area contributed by atoms with Gasteiger partial charge in [0, 0.05) is 5.56 Å². The van der Waals surface area contributed by atoms with E-state index in [1.165, 1.54) is 0 Å². The van der Waals surface area contributed by atoms with Gasteiger partial charge in [0.2, 0.25) is 11.7 Å². The number of methoxy groups -OCH3 is 2. The first-order valence-electron chi connectivity index (χ1n) is 7.57. The smallest absolute Gasteiger partial charge is 0.220 e. The van der Waals surface area contributed by atoms with Crippen LogP contribution in [0.2, 0.25) is 0 Å². The number of carbonyl (C=O) groups is 1. The molecule has 2 atom stereocenters. The van der Waals surface area contributed by atoms with Crippen molar-refractivity contribution in [2.45, 2.75) is 12.1 Å². The molecule has 0 spiro atoms. The lowest BCUT2D eigenvalue weighted by Crippen LogP contribution is -2.33. The molecule has 6 heteroatoms. The van der Waals surface area contributed by atoms with E-state index in [2.05, 4.69) is 10.3 Å². The molecule has 122 valence electrons. The van der Waals surface area contributed by atoms with Crippen molar-refractivity contribution in [2.24, 2.45) is 4.99 Å². The summed E-state index contributed by atoms with van der Waals surface area (Å²) in [6, 6.07) is 12.3. The lowest BCUT2D eigenvalue weighted by atomic mass is 10.0. The van der Waals surface area contributed by atoms with Gasteiger partial charge in [0.05, 0.1) is 25.6 Å². The number of para-hydroxylation sites is 2. The van der Waals surface area contributed by atoms with Crippen LogP contribution < -0.4 is 14.8 Å². The van der Waals surface area contributed by atoms with Gasteiger partial charge in [-0.15, -0.1) is 0 Å². The predicted molar refractivity (Wildman–Crippen MR) is 89.3 cm³/mol. The molecule has 2 aromatic carbocycles. The van der Waals surface area contributed by atoms with Gasteiger partial charge in [0.25, 0.3) is 0 Å². The maximum Gasteiger partial charge on any atom is 0.220 e. The van der Waals surface area contributed by atoms with E-state index in [-0.39, 0.29) is 5.78 Å². The van der Waals surface area contributed by atoms with Crippen LogP contribution in [-0.4, -0.2) is 31.9 Å². The van der Waals surface area contributed by atoms with E-state index in [0.717, 1.165) is 11.4 Å². The average Bonchev–Trinajstić information content (AvgIpc) is 2.95. The molecule has 1 fully saturated rings. The molecule has 0 radical (unpaired) electrons. The van der Waals surface area contributed by atoms with Crippen molar-refractivity contribution in [3.05, 3.63) is 48.0 Å². The Morgan fingerprint density at radius 1 is 1.08 bits per heavy atom. The number of hydrogen-bond acceptors (Lipinski definition) is 6. The van der Waals surface area contributed by atoms with E-state index in [1.54, 1.807) is 32.4 Å². The molecule has 6 nitrogen and oxygen atoms in total. The molecule has 0 aliphatic carbocycles. The maximum atomic E-state index is 12.8. The van der Waals surface area contributed by atoms with Crippen molar-refractivity contribution in [1.82, 2.24) is 0 Å². The lowest BCUT2D eigenvalue weighted by molar-refractivity contribution is -0.122. The summed E-state index contributed by atoms with van der Waals surface area (Å²) in [5.74, 6) is 1.49. The topological polar surface area (TPSA) is 69.2 Å². The summed E-state index contributed by atoms with van der Waals surface area (Å²) < 4.78 is 16.4. The zero-order valence-corrected chi connectivity index (χ0v) is 13.3. The second kappa shape index (κ2) is 5.56. The monoisotopic (exact) mass is 324 g/mol. The third-order valence-electron chi connectivity index (χ3n) is 4.17. The number of Topliss-reactive ketones (excluding diaryl/α,β-unsaturated/α-hetero) is 1. The molecular formula is C18H16N2O4. The van der Waals surface area contributed by atoms with Gasteiger partial charge in [0.15, 0.2) is 23.6 Å². The van der Waals surface area contributed by atoms with Crippen LogP contribution >= 0.6 is 0 Å². The lowest BCUT2D eigenvalue weighted by Gasteiger charge is -2.18. The number of ether oxygens (including phenoxy) is 3. The SMILES string of the molecule is COc1ccc([C@@H]2OC3=Nc4ccccc4N[C@@H]3C2=O)cc1OC. The normalized spacial score (nSPS) is 21.1. The number of rotatable bonds is 3. The molecule has 0 saturated carbocycles. The minimum Gasteiger partial charge on any atom is -0.493 e. The number of ketones is 1. The second-order valence-corrected chi connectivity index (χ2v) is 5.56. The Kier molecular flexibility index (Phi) is 3.37. The van der Waals surface area contributed by atoms with Crippen molar-refractivity contribution >= 4 is 23.1 Å². The fraction of sp³-hybridized carbons (Fsp3) is 0.222. The van der Waals surface area contributed by atoms with Crippen LogP contribution in [0.3, 0.4) is 0 Å². The average molecular weight is 324 g/mol. The summed E-state index contributed by atoms with van der Waals surface area (Å²) in [7, 11) is 3.13. The van der Waals surface area contributed by atoms with E-state index in [0.29, 0.717) is 23.0 Å². The Balaban J connectivity index is 1.68. The highest BCUT2D eigenvalue weighted by Crippen LogP contribution is 2.39. The summed E-state index contributed by atoms with van der Waals surface area (Å²) in [5.41, 5.74) is 2.31. The Bertz CT molecular complexity index is 847. The van der Waals surface area contributed by atoms with Crippen LogP contribution in [-0.2, 0) is 9.53 Å². The molecular weight excluding hydrogens is 308 g/mol. The van der Waals surface area contributed by atoms with E-state index < -0.39 is 12.1 Å². The van der Waals surface area contributed by atoms with Crippen molar-refractivity contribution in [2.75, 3.05) is 19.5 Å². The van der Waals surface area contributed by atoms with Crippen LogP contribution in [0.5, 0.6) is 11.5 Å². The molecule has 2 aliphatic heterocycles. The third kappa shape index (κ3) is 2.19. The standard InChI is InChI=1S/C18H16N2O4/c1-22-13-8-7-10(9-14(13)23-2)17-16(21)15-18(24-17)20-12-6-4-3-5-11(12)19-15/h3-9,15,17,19H,1-2H3/t15-,17+/m1/s1. The first-order chi connectivity index (χ1) is 11.7. The van der Waals surface area contributed by atoms with Gasteiger partial charge in [0.1, 0.15) is 0 Å². The Morgan fingerprint density at radius 3 is 2.67 bits per heavy atom. The van der Waals surface area contributed by atoms with Crippen molar-refractivity contribution < 1.29 is 19.0 Å². The van der Waals surface area contributed by atoms with Gasteiger partial charge in [-0.3, -0.25) is 4.79 Å². The third-order valence-corrected chi connectivity index (χ3v) is 4.17. The number of aliphatic imine (C=N–C) groups is 1. The molecule has 2 aromatic rings. The quantitative estimate of drug-likeness (QED) is 0.940. The summed E-state index contributed by atoms with van der Waals surface area (Å²) in [6.45, 7) is 0. The first-order valence-corrected chi connectivity index (χ1v) is 7.57. The summed E-state index contributed by atoms with van der Waals surface area (Å²) in [6.07, 6.45) is -0.713. The summed E-state index contributed by atoms with van der Waals surface area (Å²) in [4.78, 5) is 17.2. The summed E-state index contributed by atoms with van der Waals surface area (Å²) >= 11 is 0. The van der Waals surface area contributed by atoms with Crippen LogP contribution in [0.1, 0.15) is 11.7 Å².